The zero-order valence-corrected chi connectivity index (χ0v) is 18.6. The number of ether oxygens (including phenoxy) is 1. The lowest BCUT2D eigenvalue weighted by atomic mass is 10.0. The molecule has 0 fully saturated rings. The molecule has 2 N–H and O–H groups in total. The number of fused-ring (bicyclic) bond motifs is 1. The topological polar surface area (TPSA) is 110 Å². The summed E-state index contributed by atoms with van der Waals surface area (Å²) in [7, 11) is -2.47. The minimum absolute atomic E-state index is 0.184. The molecule has 0 spiro atoms. The van der Waals surface area contributed by atoms with Crippen LogP contribution in [0.1, 0.15) is 29.3 Å². The molecule has 33 heavy (non-hydrogen) atoms. The van der Waals surface area contributed by atoms with Crippen molar-refractivity contribution in [1.82, 2.24) is 9.97 Å². The summed E-state index contributed by atoms with van der Waals surface area (Å²) in [6, 6.07) is 4.31. The van der Waals surface area contributed by atoms with Gasteiger partial charge in [0.15, 0.2) is 23.2 Å². The minimum atomic E-state index is -4.01. The number of anilines is 2. The quantitative estimate of drug-likeness (QED) is 0.259. The lowest BCUT2D eigenvalue weighted by Crippen LogP contribution is -2.19. The van der Waals surface area contributed by atoms with Crippen molar-refractivity contribution in [3.8, 4) is 0 Å². The Bertz CT molecular complexity index is 1300. The van der Waals surface area contributed by atoms with E-state index in [9.17, 15) is 26.4 Å². The van der Waals surface area contributed by atoms with Crippen LogP contribution >= 0.6 is 0 Å². The molecule has 1 aromatic heterocycles. The van der Waals surface area contributed by atoms with Crippen LogP contribution in [-0.4, -0.2) is 50.2 Å². The van der Waals surface area contributed by atoms with Gasteiger partial charge >= 0.3 is 0 Å². The third-order valence-corrected chi connectivity index (χ3v) is 6.01. The number of hydrogen-bond donors (Lipinski definition) is 2. The molecule has 0 aliphatic rings. The van der Waals surface area contributed by atoms with E-state index in [1.165, 1.54) is 31.5 Å². The number of ketones is 1. The van der Waals surface area contributed by atoms with Crippen molar-refractivity contribution in [3.05, 3.63) is 59.0 Å². The molecule has 12 heteroatoms. The number of nitrogens with one attached hydrogen (secondary N) is 2. The number of carbonyl (C=O) groups excluding carboxylic acids is 1. The molecule has 3 aromatic rings. The number of sulfonamides is 1. The molecule has 0 amide bonds. The molecule has 2 aromatic carbocycles. The highest BCUT2D eigenvalue weighted by atomic mass is 32.2. The summed E-state index contributed by atoms with van der Waals surface area (Å²) in [6.45, 7) is 2.45. The van der Waals surface area contributed by atoms with Crippen LogP contribution < -0.4 is 10.0 Å². The van der Waals surface area contributed by atoms with Crippen LogP contribution in [0.15, 0.2) is 30.5 Å². The Balaban J connectivity index is 2.01. The molecular formula is C21H21F3N4O4S. The van der Waals surface area contributed by atoms with E-state index in [0.717, 1.165) is 0 Å². The fourth-order valence-electron chi connectivity index (χ4n) is 3.03. The Labute approximate surface area is 188 Å². The largest absolute Gasteiger partial charge is 0.383 e. The molecule has 0 aliphatic carbocycles. The van der Waals surface area contributed by atoms with Crippen molar-refractivity contribution in [2.45, 2.75) is 13.3 Å². The van der Waals surface area contributed by atoms with Gasteiger partial charge in [-0.1, -0.05) is 6.92 Å². The highest BCUT2D eigenvalue weighted by Crippen LogP contribution is 2.28. The SMILES string of the molecule is CCCS(=O)(=O)Nc1cc(F)c(F)c(C(=O)c2ccc3ncc(NCCOC)nc3c2)c1F. The summed E-state index contributed by atoms with van der Waals surface area (Å²) in [5, 5.41) is 2.96. The Morgan fingerprint density at radius 2 is 1.88 bits per heavy atom. The number of halogens is 3. The van der Waals surface area contributed by atoms with Crippen molar-refractivity contribution >= 4 is 38.3 Å². The van der Waals surface area contributed by atoms with Gasteiger partial charge in [0.05, 0.1) is 40.8 Å². The second kappa shape index (κ2) is 10.1. The number of benzene rings is 2. The molecule has 0 unspecified atom stereocenters. The van der Waals surface area contributed by atoms with Crippen molar-refractivity contribution in [3.63, 3.8) is 0 Å². The standard InChI is InChI=1S/C21H21F3N4O4S/c1-3-8-33(30,31)28-16-10-13(22)19(23)18(20(16)24)21(29)12-4-5-14-15(9-12)27-17(11-26-14)25-6-7-32-2/h4-5,9-11,28H,3,6-8H2,1-2H3,(H,25,27). The van der Waals surface area contributed by atoms with Gasteiger partial charge in [0.1, 0.15) is 5.82 Å². The van der Waals surface area contributed by atoms with Gasteiger partial charge in [-0.3, -0.25) is 14.5 Å². The van der Waals surface area contributed by atoms with Gasteiger partial charge in [-0.15, -0.1) is 0 Å². The zero-order valence-electron chi connectivity index (χ0n) is 17.8. The van der Waals surface area contributed by atoms with Gasteiger partial charge in [-0.2, -0.15) is 0 Å². The summed E-state index contributed by atoms with van der Waals surface area (Å²) in [4.78, 5) is 21.4. The van der Waals surface area contributed by atoms with Crippen molar-refractivity contribution in [2.24, 2.45) is 0 Å². The van der Waals surface area contributed by atoms with Gasteiger partial charge in [0.2, 0.25) is 10.0 Å². The second-order valence-corrected chi connectivity index (χ2v) is 8.88. The predicted octanol–water partition coefficient (Wildman–Crippen LogP) is 3.49. The first kappa shape index (κ1) is 24.4. The lowest BCUT2D eigenvalue weighted by Gasteiger charge is -2.12. The fourth-order valence-corrected chi connectivity index (χ4v) is 4.15. The van der Waals surface area contributed by atoms with E-state index in [1.807, 2.05) is 4.72 Å². The van der Waals surface area contributed by atoms with Crippen LogP contribution in [0.4, 0.5) is 24.7 Å². The molecule has 176 valence electrons. The molecule has 1 heterocycles. The molecule has 3 rings (SSSR count). The highest BCUT2D eigenvalue weighted by Gasteiger charge is 2.27. The number of aromatic nitrogens is 2. The number of nitrogens with zero attached hydrogens (tertiary/aromatic N) is 2. The summed E-state index contributed by atoms with van der Waals surface area (Å²) in [5.74, 6) is -5.96. The van der Waals surface area contributed by atoms with Crippen molar-refractivity contribution in [2.75, 3.05) is 36.1 Å². The first-order chi connectivity index (χ1) is 15.7. The van der Waals surface area contributed by atoms with E-state index in [0.29, 0.717) is 30.6 Å². The lowest BCUT2D eigenvalue weighted by molar-refractivity contribution is 0.103. The molecular weight excluding hydrogens is 461 g/mol. The molecule has 0 atom stereocenters. The number of hydrogen-bond acceptors (Lipinski definition) is 7. The number of methoxy groups -OCH3 is 1. The molecule has 0 saturated carbocycles. The minimum Gasteiger partial charge on any atom is -0.383 e. The van der Waals surface area contributed by atoms with E-state index in [4.69, 9.17) is 4.74 Å². The maximum atomic E-state index is 15.0. The van der Waals surface area contributed by atoms with E-state index in [1.54, 1.807) is 6.92 Å². The van der Waals surface area contributed by atoms with Gasteiger partial charge in [-0.25, -0.2) is 26.6 Å². The van der Waals surface area contributed by atoms with Crippen LogP contribution in [0.5, 0.6) is 0 Å². The van der Waals surface area contributed by atoms with E-state index >= 15 is 0 Å². The predicted molar refractivity (Wildman–Crippen MR) is 117 cm³/mol. The second-order valence-electron chi connectivity index (χ2n) is 7.04. The summed E-state index contributed by atoms with van der Waals surface area (Å²) >= 11 is 0. The van der Waals surface area contributed by atoms with Gasteiger partial charge in [0.25, 0.3) is 0 Å². The third kappa shape index (κ3) is 5.57. The van der Waals surface area contributed by atoms with Gasteiger partial charge in [0, 0.05) is 25.3 Å². The number of rotatable bonds is 10. The average molecular weight is 482 g/mol. The maximum absolute atomic E-state index is 15.0. The van der Waals surface area contributed by atoms with Crippen LogP contribution in [0.2, 0.25) is 0 Å². The summed E-state index contributed by atoms with van der Waals surface area (Å²) in [5.41, 5.74) is -1.58. The normalized spacial score (nSPS) is 11.5. The average Bonchev–Trinajstić information content (AvgIpc) is 2.77. The Morgan fingerprint density at radius 3 is 2.58 bits per heavy atom. The Hall–Kier alpha value is -3.25. The molecule has 0 aliphatic heterocycles. The first-order valence-electron chi connectivity index (χ1n) is 9.89. The third-order valence-electron chi connectivity index (χ3n) is 4.54. The van der Waals surface area contributed by atoms with Crippen LogP contribution in [0.25, 0.3) is 11.0 Å². The molecule has 0 bridgehead atoms. The van der Waals surface area contributed by atoms with Crippen LogP contribution in [0, 0.1) is 17.5 Å². The fraction of sp³-hybridized carbons (Fsp3) is 0.286. The van der Waals surface area contributed by atoms with E-state index in [2.05, 4.69) is 15.3 Å². The van der Waals surface area contributed by atoms with Crippen molar-refractivity contribution in [1.29, 1.82) is 0 Å². The molecule has 0 saturated heterocycles. The smallest absolute Gasteiger partial charge is 0.232 e. The Kier molecular flexibility index (Phi) is 7.49. The monoisotopic (exact) mass is 482 g/mol. The van der Waals surface area contributed by atoms with Crippen molar-refractivity contribution < 1.29 is 31.1 Å². The summed E-state index contributed by atoms with van der Waals surface area (Å²) in [6.07, 6.45) is 1.69. The molecule has 8 nitrogen and oxygen atoms in total. The first-order valence-corrected chi connectivity index (χ1v) is 11.5. The van der Waals surface area contributed by atoms with Crippen LogP contribution in [0.3, 0.4) is 0 Å². The Morgan fingerprint density at radius 1 is 1.12 bits per heavy atom. The van der Waals surface area contributed by atoms with E-state index in [-0.39, 0.29) is 23.3 Å². The van der Waals surface area contributed by atoms with Crippen LogP contribution in [-0.2, 0) is 14.8 Å². The van der Waals surface area contributed by atoms with Gasteiger partial charge < -0.3 is 10.1 Å². The highest BCUT2D eigenvalue weighted by molar-refractivity contribution is 7.92. The van der Waals surface area contributed by atoms with E-state index < -0.39 is 44.5 Å². The maximum Gasteiger partial charge on any atom is 0.232 e. The number of carbonyl (C=O) groups is 1. The van der Waals surface area contributed by atoms with Gasteiger partial charge in [-0.05, 0) is 24.6 Å². The zero-order chi connectivity index (χ0) is 24.2. The molecule has 0 radical (unpaired) electrons. The summed E-state index contributed by atoms with van der Waals surface area (Å²) < 4.78 is 74.3.